The van der Waals surface area contributed by atoms with Gasteiger partial charge in [-0.1, -0.05) is 12.1 Å². The van der Waals surface area contributed by atoms with Crippen LogP contribution in [0.1, 0.15) is 5.56 Å². The minimum atomic E-state index is -0.00814. The molecule has 0 spiro atoms. The Bertz CT molecular complexity index is 669. The van der Waals surface area contributed by atoms with Gasteiger partial charge >= 0.3 is 0 Å². The van der Waals surface area contributed by atoms with Crippen molar-refractivity contribution < 1.29 is 24.1 Å². The van der Waals surface area contributed by atoms with Crippen LogP contribution in [0.3, 0.4) is 0 Å². The summed E-state index contributed by atoms with van der Waals surface area (Å²) in [6, 6.07) is 8.59. The van der Waals surface area contributed by atoms with E-state index in [0.29, 0.717) is 29.4 Å². The second-order valence-corrected chi connectivity index (χ2v) is 4.73. The average Bonchev–Trinajstić information content (AvgIpc) is 2.56. The van der Waals surface area contributed by atoms with Gasteiger partial charge in [0.1, 0.15) is 0 Å². The molecule has 5 heteroatoms. The van der Waals surface area contributed by atoms with Crippen LogP contribution in [-0.2, 0) is 6.42 Å². The lowest BCUT2D eigenvalue weighted by Crippen LogP contribution is -1.98. The predicted octanol–water partition coefficient (Wildman–Crippen LogP) is 3.94. The van der Waals surface area contributed by atoms with E-state index >= 15 is 0 Å². The molecule has 0 heterocycles. The number of hydrogen-bond acceptors (Lipinski definition) is 5. The molecule has 0 amide bonds. The normalized spacial score (nSPS) is 10.0. The van der Waals surface area contributed by atoms with Gasteiger partial charge in [0.25, 0.3) is 0 Å². The highest BCUT2D eigenvalue weighted by Crippen LogP contribution is 2.45. The van der Waals surface area contributed by atoms with Crippen molar-refractivity contribution in [1.29, 1.82) is 0 Å². The summed E-state index contributed by atoms with van der Waals surface area (Å²) < 4.78 is 21.9. The van der Waals surface area contributed by atoms with Gasteiger partial charge in [-0.25, -0.2) is 0 Å². The molecule has 2 rings (SSSR count). The van der Waals surface area contributed by atoms with Crippen LogP contribution in [-0.4, -0.2) is 26.4 Å². The Labute approximate surface area is 135 Å². The SMILES string of the molecule is C=CCc1cc(OC)c(Oc2cccc(O)c2OC)c(OC)c1. The van der Waals surface area contributed by atoms with Gasteiger partial charge in [0.2, 0.25) is 11.5 Å². The molecule has 0 radical (unpaired) electrons. The Morgan fingerprint density at radius 1 is 0.957 bits per heavy atom. The fourth-order valence-corrected chi connectivity index (χ4v) is 2.22. The highest BCUT2D eigenvalue weighted by molar-refractivity contribution is 5.58. The van der Waals surface area contributed by atoms with Gasteiger partial charge in [-0.3, -0.25) is 0 Å². The van der Waals surface area contributed by atoms with Crippen LogP contribution in [0.15, 0.2) is 43.0 Å². The molecule has 0 aliphatic rings. The third-order valence-electron chi connectivity index (χ3n) is 3.27. The fraction of sp³-hybridized carbons (Fsp3) is 0.222. The Morgan fingerprint density at radius 3 is 2.13 bits per heavy atom. The third-order valence-corrected chi connectivity index (χ3v) is 3.27. The molecule has 0 aliphatic heterocycles. The van der Waals surface area contributed by atoms with Crippen molar-refractivity contribution in [3.05, 3.63) is 48.6 Å². The molecule has 0 aliphatic carbocycles. The minimum Gasteiger partial charge on any atom is -0.504 e. The van der Waals surface area contributed by atoms with Gasteiger partial charge in [0.05, 0.1) is 21.3 Å². The first-order valence-electron chi connectivity index (χ1n) is 7.04. The summed E-state index contributed by atoms with van der Waals surface area (Å²) in [6.07, 6.45) is 2.48. The molecule has 0 saturated heterocycles. The van der Waals surface area contributed by atoms with Crippen molar-refractivity contribution in [2.45, 2.75) is 6.42 Å². The van der Waals surface area contributed by atoms with Gasteiger partial charge in [-0.05, 0) is 36.2 Å². The van der Waals surface area contributed by atoms with Crippen LogP contribution < -0.4 is 18.9 Å². The number of phenols is 1. The van der Waals surface area contributed by atoms with Crippen molar-refractivity contribution in [3.63, 3.8) is 0 Å². The first kappa shape index (κ1) is 16.5. The number of benzene rings is 2. The number of aromatic hydroxyl groups is 1. The van der Waals surface area contributed by atoms with E-state index in [1.165, 1.54) is 13.2 Å². The average molecular weight is 316 g/mol. The number of para-hydroxylation sites is 1. The number of methoxy groups -OCH3 is 3. The smallest absolute Gasteiger partial charge is 0.211 e. The van der Waals surface area contributed by atoms with E-state index in [-0.39, 0.29) is 11.5 Å². The molecule has 0 atom stereocenters. The van der Waals surface area contributed by atoms with Crippen LogP contribution in [0.2, 0.25) is 0 Å². The second kappa shape index (κ2) is 7.45. The van der Waals surface area contributed by atoms with E-state index in [1.54, 1.807) is 32.4 Å². The molecule has 1 N–H and O–H groups in total. The van der Waals surface area contributed by atoms with E-state index in [1.807, 2.05) is 12.1 Å². The van der Waals surface area contributed by atoms with Gasteiger partial charge in [-0.2, -0.15) is 0 Å². The zero-order valence-electron chi connectivity index (χ0n) is 13.5. The van der Waals surface area contributed by atoms with Crippen molar-refractivity contribution in [3.8, 4) is 34.5 Å². The summed E-state index contributed by atoms with van der Waals surface area (Å²) in [4.78, 5) is 0. The maximum absolute atomic E-state index is 9.86. The molecule has 0 aromatic heterocycles. The zero-order valence-corrected chi connectivity index (χ0v) is 13.5. The molecular formula is C18H20O5. The summed E-state index contributed by atoms with van der Waals surface area (Å²) in [7, 11) is 4.57. The Hall–Kier alpha value is -2.82. The van der Waals surface area contributed by atoms with Crippen LogP contribution in [0.5, 0.6) is 34.5 Å². The molecule has 2 aromatic carbocycles. The monoisotopic (exact) mass is 316 g/mol. The van der Waals surface area contributed by atoms with Crippen LogP contribution in [0.25, 0.3) is 0 Å². The zero-order chi connectivity index (χ0) is 16.8. The summed E-state index contributed by atoms with van der Waals surface area (Å²) in [5.41, 5.74) is 0.990. The van der Waals surface area contributed by atoms with E-state index in [0.717, 1.165) is 5.56 Å². The number of ether oxygens (including phenoxy) is 4. The molecule has 5 nitrogen and oxygen atoms in total. The summed E-state index contributed by atoms with van der Waals surface area (Å²) >= 11 is 0. The van der Waals surface area contributed by atoms with Crippen molar-refractivity contribution in [1.82, 2.24) is 0 Å². The Kier molecular flexibility index (Phi) is 5.36. The van der Waals surface area contributed by atoms with Crippen LogP contribution in [0, 0.1) is 0 Å². The summed E-state index contributed by atoms with van der Waals surface area (Å²) in [6.45, 7) is 3.73. The first-order valence-corrected chi connectivity index (χ1v) is 7.04. The topological polar surface area (TPSA) is 57.2 Å². The first-order chi connectivity index (χ1) is 11.1. The van der Waals surface area contributed by atoms with Gasteiger partial charge in [0, 0.05) is 0 Å². The quantitative estimate of drug-likeness (QED) is 0.784. The largest absolute Gasteiger partial charge is 0.504 e. The molecular weight excluding hydrogens is 296 g/mol. The molecule has 2 aromatic rings. The summed E-state index contributed by atoms with van der Waals surface area (Å²) in [5.74, 6) is 2.04. The number of rotatable bonds is 7. The van der Waals surface area contributed by atoms with Crippen molar-refractivity contribution >= 4 is 0 Å². The standard InChI is InChI=1S/C18H20O5/c1-5-7-12-10-15(20-2)18(16(11-12)21-3)23-14-9-6-8-13(19)17(14)22-4/h5-6,8-11,19H,1,7H2,2-4H3. The maximum atomic E-state index is 9.86. The number of hydrogen-bond donors (Lipinski definition) is 1. The van der Waals surface area contributed by atoms with Gasteiger partial charge < -0.3 is 24.1 Å². The second-order valence-electron chi connectivity index (χ2n) is 4.73. The lowest BCUT2D eigenvalue weighted by Gasteiger charge is -2.17. The Balaban J connectivity index is 2.50. The molecule has 122 valence electrons. The van der Waals surface area contributed by atoms with E-state index in [9.17, 15) is 5.11 Å². The van der Waals surface area contributed by atoms with Gasteiger partial charge in [-0.15, -0.1) is 6.58 Å². The van der Waals surface area contributed by atoms with Gasteiger partial charge in [0.15, 0.2) is 23.0 Å². The lowest BCUT2D eigenvalue weighted by atomic mass is 10.1. The molecule has 0 bridgehead atoms. The molecule has 0 fully saturated rings. The predicted molar refractivity (Wildman–Crippen MR) is 88.2 cm³/mol. The maximum Gasteiger partial charge on any atom is 0.211 e. The molecule has 23 heavy (non-hydrogen) atoms. The van der Waals surface area contributed by atoms with Crippen LogP contribution >= 0.6 is 0 Å². The Morgan fingerprint density at radius 2 is 1.61 bits per heavy atom. The fourth-order valence-electron chi connectivity index (χ4n) is 2.22. The molecule has 0 saturated carbocycles. The lowest BCUT2D eigenvalue weighted by molar-refractivity contribution is 0.323. The van der Waals surface area contributed by atoms with E-state index in [4.69, 9.17) is 18.9 Å². The highest BCUT2D eigenvalue weighted by Gasteiger charge is 2.18. The third kappa shape index (κ3) is 3.51. The number of phenolic OH excluding ortho intramolecular Hbond substituents is 1. The van der Waals surface area contributed by atoms with Crippen molar-refractivity contribution in [2.75, 3.05) is 21.3 Å². The van der Waals surface area contributed by atoms with Crippen LogP contribution in [0.4, 0.5) is 0 Å². The minimum absolute atomic E-state index is 0.00814. The van der Waals surface area contributed by atoms with E-state index < -0.39 is 0 Å². The van der Waals surface area contributed by atoms with E-state index in [2.05, 4.69) is 6.58 Å². The van der Waals surface area contributed by atoms with Crippen molar-refractivity contribution in [2.24, 2.45) is 0 Å². The molecule has 0 unspecified atom stereocenters. The highest BCUT2D eigenvalue weighted by atomic mass is 16.6. The number of allylic oxidation sites excluding steroid dienone is 1. The summed E-state index contributed by atoms with van der Waals surface area (Å²) in [5, 5.41) is 9.86.